The molecule has 2 amide bonds. The number of hydrogen-bond donors (Lipinski definition) is 3. The number of hydrogen-bond acceptors (Lipinski definition) is 4. The first kappa shape index (κ1) is 16.0. The lowest BCUT2D eigenvalue weighted by Gasteiger charge is -2.11. The summed E-state index contributed by atoms with van der Waals surface area (Å²) in [5.41, 5.74) is 1.68. The Morgan fingerprint density at radius 1 is 0.958 bits per heavy atom. The van der Waals surface area contributed by atoms with Crippen molar-refractivity contribution in [2.45, 2.75) is 18.9 Å². The Kier molecular flexibility index (Phi) is 4.77. The molecule has 1 aliphatic rings. The lowest BCUT2D eigenvalue weighted by molar-refractivity contribution is -0.124. The van der Waals surface area contributed by atoms with E-state index in [-0.39, 0.29) is 23.7 Å². The molecule has 1 heterocycles. The fourth-order valence-corrected chi connectivity index (χ4v) is 2.46. The summed E-state index contributed by atoms with van der Waals surface area (Å²) in [7, 11) is 0. The van der Waals surface area contributed by atoms with Crippen molar-refractivity contribution in [1.29, 1.82) is 0 Å². The van der Waals surface area contributed by atoms with Crippen molar-refractivity contribution in [2.75, 3.05) is 17.2 Å². The topological polar surface area (TPSA) is 87.7 Å². The second kappa shape index (κ2) is 7.14. The number of phenolic OH excluding ortho intramolecular Hbond substituents is 1. The quantitative estimate of drug-likeness (QED) is 0.754. The number of carbonyl (C=O) groups is 2. The molecule has 24 heavy (non-hydrogen) atoms. The molecular weight excluding hydrogens is 308 g/mol. The average molecular weight is 326 g/mol. The molecule has 0 aromatic heterocycles. The van der Waals surface area contributed by atoms with E-state index in [1.165, 1.54) is 12.1 Å². The van der Waals surface area contributed by atoms with Gasteiger partial charge in [0.05, 0.1) is 0 Å². The zero-order chi connectivity index (χ0) is 16.9. The number of nitrogens with one attached hydrogen (secondary N) is 2. The van der Waals surface area contributed by atoms with Crippen LogP contribution in [0.1, 0.15) is 23.2 Å². The predicted octanol–water partition coefficient (Wildman–Crippen LogP) is 2.76. The normalized spacial score (nSPS) is 16.6. The molecule has 124 valence electrons. The number of carbonyl (C=O) groups excluding carboxylic acids is 2. The Morgan fingerprint density at radius 2 is 1.58 bits per heavy atom. The molecule has 1 aliphatic heterocycles. The summed E-state index contributed by atoms with van der Waals surface area (Å²) in [6.45, 7) is 0.620. The molecule has 0 saturated carbocycles. The van der Waals surface area contributed by atoms with Crippen molar-refractivity contribution in [3.05, 3.63) is 54.1 Å². The summed E-state index contributed by atoms with van der Waals surface area (Å²) in [5, 5.41) is 14.7. The molecule has 1 fully saturated rings. The van der Waals surface area contributed by atoms with Crippen molar-refractivity contribution < 1.29 is 19.4 Å². The van der Waals surface area contributed by atoms with Crippen LogP contribution in [0.3, 0.4) is 0 Å². The SMILES string of the molecule is O=C(Nc1ccc(O)cc1)c1ccc(NC(=O)[C@H]2CCCO2)cc1. The molecule has 1 saturated heterocycles. The zero-order valence-corrected chi connectivity index (χ0v) is 13.0. The molecule has 0 radical (unpaired) electrons. The van der Waals surface area contributed by atoms with E-state index in [1.54, 1.807) is 36.4 Å². The van der Waals surface area contributed by atoms with E-state index in [2.05, 4.69) is 10.6 Å². The summed E-state index contributed by atoms with van der Waals surface area (Å²) < 4.78 is 5.33. The third kappa shape index (κ3) is 3.91. The molecule has 2 aromatic carbocycles. The van der Waals surface area contributed by atoms with Crippen LogP contribution < -0.4 is 10.6 Å². The number of aromatic hydroxyl groups is 1. The summed E-state index contributed by atoms with van der Waals surface area (Å²) in [6.07, 6.45) is 1.25. The van der Waals surface area contributed by atoms with Crippen molar-refractivity contribution in [2.24, 2.45) is 0 Å². The predicted molar refractivity (Wildman–Crippen MR) is 90.1 cm³/mol. The van der Waals surface area contributed by atoms with Gasteiger partial charge in [-0.15, -0.1) is 0 Å². The van der Waals surface area contributed by atoms with E-state index >= 15 is 0 Å². The van der Waals surface area contributed by atoms with Crippen LogP contribution in [0.25, 0.3) is 0 Å². The van der Waals surface area contributed by atoms with Gasteiger partial charge in [-0.3, -0.25) is 9.59 Å². The Hall–Kier alpha value is -2.86. The average Bonchev–Trinajstić information content (AvgIpc) is 3.12. The van der Waals surface area contributed by atoms with Gasteiger partial charge >= 0.3 is 0 Å². The number of anilines is 2. The van der Waals surface area contributed by atoms with Gasteiger partial charge in [0.25, 0.3) is 11.8 Å². The minimum absolute atomic E-state index is 0.138. The van der Waals surface area contributed by atoms with Crippen molar-refractivity contribution >= 4 is 23.2 Å². The summed E-state index contributed by atoms with van der Waals surface area (Å²) >= 11 is 0. The lowest BCUT2D eigenvalue weighted by atomic mass is 10.1. The summed E-state index contributed by atoms with van der Waals surface area (Å²) in [5.74, 6) is -0.286. The molecule has 0 aliphatic carbocycles. The molecule has 3 N–H and O–H groups in total. The van der Waals surface area contributed by atoms with Crippen LogP contribution in [-0.2, 0) is 9.53 Å². The Balaban J connectivity index is 1.60. The second-order valence-corrected chi connectivity index (χ2v) is 5.57. The maximum absolute atomic E-state index is 12.2. The number of rotatable bonds is 4. The fraction of sp³-hybridized carbons (Fsp3) is 0.222. The van der Waals surface area contributed by atoms with E-state index in [4.69, 9.17) is 4.74 Å². The Bertz CT molecular complexity index is 720. The Morgan fingerprint density at radius 3 is 2.21 bits per heavy atom. The highest BCUT2D eigenvalue weighted by Gasteiger charge is 2.23. The van der Waals surface area contributed by atoms with Gasteiger partial charge in [0.1, 0.15) is 11.9 Å². The molecular formula is C18H18N2O4. The second-order valence-electron chi connectivity index (χ2n) is 5.57. The van der Waals surface area contributed by atoms with Gasteiger partial charge in [-0.1, -0.05) is 0 Å². The van der Waals surface area contributed by atoms with E-state index < -0.39 is 0 Å². The number of ether oxygens (including phenoxy) is 1. The minimum atomic E-state index is -0.387. The molecule has 0 unspecified atom stereocenters. The molecule has 1 atom stereocenters. The third-order valence-electron chi connectivity index (χ3n) is 3.76. The maximum Gasteiger partial charge on any atom is 0.255 e. The summed E-state index contributed by atoms with van der Waals surface area (Å²) in [6, 6.07) is 12.9. The zero-order valence-electron chi connectivity index (χ0n) is 13.0. The number of benzene rings is 2. The van der Waals surface area contributed by atoms with Gasteiger partial charge in [-0.2, -0.15) is 0 Å². The van der Waals surface area contributed by atoms with E-state index in [9.17, 15) is 14.7 Å². The van der Waals surface area contributed by atoms with Gasteiger partial charge in [0.2, 0.25) is 0 Å². The van der Waals surface area contributed by atoms with Gasteiger partial charge in [-0.05, 0) is 61.4 Å². The van der Waals surface area contributed by atoms with Gasteiger partial charge < -0.3 is 20.5 Å². The third-order valence-corrected chi connectivity index (χ3v) is 3.76. The maximum atomic E-state index is 12.2. The first-order valence-corrected chi connectivity index (χ1v) is 7.75. The van der Waals surface area contributed by atoms with Gasteiger partial charge in [0, 0.05) is 23.5 Å². The van der Waals surface area contributed by atoms with E-state index in [0.29, 0.717) is 23.5 Å². The number of phenols is 1. The van der Waals surface area contributed by atoms with Crippen LogP contribution in [0.4, 0.5) is 11.4 Å². The fourth-order valence-electron chi connectivity index (χ4n) is 2.46. The molecule has 0 spiro atoms. The van der Waals surface area contributed by atoms with Crippen LogP contribution >= 0.6 is 0 Å². The van der Waals surface area contributed by atoms with Crippen molar-refractivity contribution in [3.63, 3.8) is 0 Å². The van der Waals surface area contributed by atoms with Crippen LogP contribution in [0, 0.1) is 0 Å². The monoisotopic (exact) mass is 326 g/mol. The highest BCUT2D eigenvalue weighted by Crippen LogP contribution is 2.17. The van der Waals surface area contributed by atoms with Crippen molar-refractivity contribution in [1.82, 2.24) is 0 Å². The van der Waals surface area contributed by atoms with E-state index in [1.807, 2.05) is 0 Å². The molecule has 2 aromatic rings. The molecule has 3 rings (SSSR count). The van der Waals surface area contributed by atoms with Crippen LogP contribution in [0.15, 0.2) is 48.5 Å². The highest BCUT2D eigenvalue weighted by atomic mass is 16.5. The first-order chi connectivity index (χ1) is 11.6. The van der Waals surface area contributed by atoms with Crippen LogP contribution in [0.2, 0.25) is 0 Å². The standard InChI is InChI=1S/C18H18N2O4/c21-15-9-7-14(8-10-15)19-17(22)12-3-5-13(6-4-12)20-18(23)16-2-1-11-24-16/h3-10,16,21H,1-2,11H2,(H,19,22)(H,20,23)/t16-/m1/s1. The van der Waals surface area contributed by atoms with Crippen molar-refractivity contribution in [3.8, 4) is 5.75 Å². The van der Waals surface area contributed by atoms with Gasteiger partial charge in [-0.25, -0.2) is 0 Å². The van der Waals surface area contributed by atoms with Crippen LogP contribution in [0.5, 0.6) is 5.75 Å². The smallest absolute Gasteiger partial charge is 0.255 e. The summed E-state index contributed by atoms with van der Waals surface area (Å²) in [4.78, 5) is 24.1. The Labute approximate surface area is 139 Å². The van der Waals surface area contributed by atoms with Gasteiger partial charge in [0.15, 0.2) is 0 Å². The lowest BCUT2D eigenvalue weighted by Crippen LogP contribution is -2.26. The first-order valence-electron chi connectivity index (χ1n) is 7.75. The largest absolute Gasteiger partial charge is 0.508 e. The number of amides is 2. The molecule has 0 bridgehead atoms. The highest BCUT2D eigenvalue weighted by molar-refractivity contribution is 6.04. The minimum Gasteiger partial charge on any atom is -0.508 e. The van der Waals surface area contributed by atoms with E-state index in [0.717, 1.165) is 12.8 Å². The molecule has 6 nitrogen and oxygen atoms in total. The molecule has 6 heteroatoms. The van der Waals surface area contributed by atoms with Crippen LogP contribution in [-0.4, -0.2) is 29.6 Å².